The van der Waals surface area contributed by atoms with Gasteiger partial charge in [0, 0.05) is 6.42 Å². The fourth-order valence-electron chi connectivity index (χ4n) is 1.72. The lowest BCUT2D eigenvalue weighted by Crippen LogP contribution is -2.21. The Labute approximate surface area is 97.5 Å². The van der Waals surface area contributed by atoms with Crippen LogP contribution in [0.2, 0.25) is 5.02 Å². The highest BCUT2D eigenvalue weighted by Crippen LogP contribution is 2.31. The van der Waals surface area contributed by atoms with Crippen molar-refractivity contribution in [3.63, 3.8) is 0 Å². The van der Waals surface area contributed by atoms with Gasteiger partial charge >= 0.3 is 0 Å². The van der Waals surface area contributed by atoms with Gasteiger partial charge in [-0.1, -0.05) is 17.7 Å². The van der Waals surface area contributed by atoms with Crippen LogP contribution in [0.1, 0.15) is 17.9 Å². The molecule has 0 radical (unpaired) electrons. The molecule has 0 saturated carbocycles. The maximum absolute atomic E-state index is 11.4. The second kappa shape index (κ2) is 4.14. The molecule has 1 saturated heterocycles. The Kier molecular flexibility index (Phi) is 2.83. The van der Waals surface area contributed by atoms with Crippen LogP contribution in [0.15, 0.2) is 18.2 Å². The Morgan fingerprint density at radius 2 is 2.19 bits per heavy atom. The number of hydrogen-bond donors (Lipinski definition) is 1. The smallest absolute Gasteiger partial charge is 0.234 e. The number of carbonyl (C=O) groups excluding carboxylic acids is 2. The Morgan fingerprint density at radius 1 is 1.44 bits per heavy atom. The average Bonchev–Trinajstić information content (AvgIpc) is 2.58. The monoisotopic (exact) mass is 239 g/mol. The van der Waals surface area contributed by atoms with Gasteiger partial charge in [-0.05, 0) is 17.7 Å². The molecule has 0 spiro atoms. The number of imide groups is 1. The van der Waals surface area contributed by atoms with Crippen LogP contribution in [-0.4, -0.2) is 18.9 Å². The van der Waals surface area contributed by atoms with Crippen molar-refractivity contribution in [2.75, 3.05) is 7.11 Å². The van der Waals surface area contributed by atoms with E-state index in [1.54, 1.807) is 18.2 Å². The predicted molar refractivity (Wildman–Crippen MR) is 58.5 cm³/mol. The second-order valence-electron chi connectivity index (χ2n) is 3.56. The van der Waals surface area contributed by atoms with Gasteiger partial charge in [0.2, 0.25) is 11.8 Å². The SMILES string of the molecule is COc1ccc(C2CC(=O)NC2=O)cc1Cl. The van der Waals surface area contributed by atoms with E-state index in [2.05, 4.69) is 5.32 Å². The fourth-order valence-corrected chi connectivity index (χ4v) is 1.99. The van der Waals surface area contributed by atoms with Crippen LogP contribution >= 0.6 is 11.6 Å². The average molecular weight is 240 g/mol. The number of carbonyl (C=O) groups is 2. The lowest BCUT2D eigenvalue weighted by Gasteiger charge is -2.09. The third kappa shape index (κ3) is 1.88. The Bertz CT molecular complexity index is 459. The number of halogens is 1. The Morgan fingerprint density at radius 3 is 2.69 bits per heavy atom. The Balaban J connectivity index is 2.31. The number of amides is 2. The first-order valence-corrected chi connectivity index (χ1v) is 5.16. The number of methoxy groups -OCH3 is 1. The van der Waals surface area contributed by atoms with Crippen LogP contribution in [0.3, 0.4) is 0 Å². The molecule has 2 rings (SSSR count). The van der Waals surface area contributed by atoms with E-state index >= 15 is 0 Å². The molecule has 1 fully saturated rings. The predicted octanol–water partition coefficient (Wildman–Crippen LogP) is 1.48. The zero-order chi connectivity index (χ0) is 11.7. The van der Waals surface area contributed by atoms with E-state index in [1.807, 2.05) is 0 Å². The lowest BCUT2D eigenvalue weighted by atomic mass is 9.97. The third-order valence-electron chi connectivity index (χ3n) is 2.55. The molecule has 1 N–H and O–H groups in total. The maximum Gasteiger partial charge on any atom is 0.234 e. The molecule has 1 aromatic rings. The summed E-state index contributed by atoms with van der Waals surface area (Å²) in [5.74, 6) is -0.403. The summed E-state index contributed by atoms with van der Waals surface area (Å²) in [7, 11) is 1.52. The van der Waals surface area contributed by atoms with E-state index in [9.17, 15) is 9.59 Å². The van der Waals surface area contributed by atoms with E-state index in [-0.39, 0.29) is 18.2 Å². The molecule has 1 heterocycles. The van der Waals surface area contributed by atoms with Gasteiger partial charge in [0.15, 0.2) is 0 Å². The second-order valence-corrected chi connectivity index (χ2v) is 3.97. The molecule has 16 heavy (non-hydrogen) atoms. The van der Waals surface area contributed by atoms with Gasteiger partial charge in [-0.3, -0.25) is 14.9 Å². The molecule has 84 valence electrons. The first-order valence-electron chi connectivity index (χ1n) is 4.79. The van der Waals surface area contributed by atoms with Crippen LogP contribution in [0, 0.1) is 0 Å². The van der Waals surface area contributed by atoms with E-state index in [0.717, 1.165) is 5.56 Å². The van der Waals surface area contributed by atoms with Gasteiger partial charge in [0.1, 0.15) is 5.75 Å². The fraction of sp³-hybridized carbons (Fsp3) is 0.273. The Hall–Kier alpha value is -1.55. The third-order valence-corrected chi connectivity index (χ3v) is 2.84. The number of hydrogen-bond acceptors (Lipinski definition) is 3. The zero-order valence-corrected chi connectivity index (χ0v) is 9.38. The number of benzene rings is 1. The van der Waals surface area contributed by atoms with Gasteiger partial charge in [-0.25, -0.2) is 0 Å². The number of ether oxygens (including phenoxy) is 1. The maximum atomic E-state index is 11.4. The van der Waals surface area contributed by atoms with Crippen LogP contribution in [0.5, 0.6) is 5.75 Å². The van der Waals surface area contributed by atoms with Crippen molar-refractivity contribution in [2.24, 2.45) is 0 Å². The normalized spacial score (nSPS) is 19.8. The summed E-state index contributed by atoms with van der Waals surface area (Å²) in [6.07, 6.45) is 0.182. The van der Waals surface area contributed by atoms with E-state index < -0.39 is 5.92 Å². The molecular weight excluding hydrogens is 230 g/mol. The van der Waals surface area contributed by atoms with Gasteiger partial charge in [0.05, 0.1) is 18.1 Å². The van der Waals surface area contributed by atoms with Crippen molar-refractivity contribution in [3.05, 3.63) is 28.8 Å². The molecule has 5 heteroatoms. The highest BCUT2D eigenvalue weighted by atomic mass is 35.5. The molecule has 1 atom stereocenters. The molecule has 0 aliphatic carbocycles. The summed E-state index contributed by atoms with van der Waals surface area (Å²) in [5, 5.41) is 2.70. The molecule has 1 aliphatic rings. The molecule has 1 unspecified atom stereocenters. The van der Waals surface area contributed by atoms with E-state index in [0.29, 0.717) is 10.8 Å². The van der Waals surface area contributed by atoms with Gasteiger partial charge in [-0.15, -0.1) is 0 Å². The summed E-state index contributed by atoms with van der Waals surface area (Å²) >= 11 is 5.95. The number of rotatable bonds is 2. The molecule has 0 aromatic heterocycles. The molecule has 4 nitrogen and oxygen atoms in total. The van der Waals surface area contributed by atoms with Gasteiger partial charge in [0.25, 0.3) is 0 Å². The molecule has 1 aromatic carbocycles. The summed E-state index contributed by atoms with van der Waals surface area (Å²) in [6, 6.07) is 5.09. The molecule has 0 bridgehead atoms. The van der Waals surface area contributed by atoms with Gasteiger partial charge in [-0.2, -0.15) is 0 Å². The molecule has 1 aliphatic heterocycles. The largest absolute Gasteiger partial charge is 0.495 e. The summed E-state index contributed by atoms with van der Waals surface area (Å²) in [6.45, 7) is 0. The summed E-state index contributed by atoms with van der Waals surface area (Å²) in [4.78, 5) is 22.5. The van der Waals surface area contributed by atoms with Crippen LogP contribution in [-0.2, 0) is 9.59 Å². The van der Waals surface area contributed by atoms with Crippen molar-refractivity contribution < 1.29 is 14.3 Å². The quantitative estimate of drug-likeness (QED) is 0.796. The minimum atomic E-state index is -0.434. The minimum absolute atomic E-state index is 0.182. The van der Waals surface area contributed by atoms with Gasteiger partial charge < -0.3 is 4.74 Å². The topological polar surface area (TPSA) is 55.4 Å². The summed E-state index contributed by atoms with van der Waals surface area (Å²) in [5.41, 5.74) is 0.731. The van der Waals surface area contributed by atoms with E-state index in [4.69, 9.17) is 16.3 Å². The number of nitrogens with one attached hydrogen (secondary N) is 1. The lowest BCUT2D eigenvalue weighted by molar-refractivity contribution is -0.125. The standard InChI is InChI=1S/C11H10ClNO3/c1-16-9-3-2-6(4-8(9)12)7-5-10(14)13-11(7)15/h2-4,7H,5H2,1H3,(H,13,14,15). The van der Waals surface area contributed by atoms with Crippen LogP contribution in [0.25, 0.3) is 0 Å². The molecule has 2 amide bonds. The highest BCUT2D eigenvalue weighted by Gasteiger charge is 2.31. The van der Waals surface area contributed by atoms with Crippen molar-refractivity contribution >= 4 is 23.4 Å². The summed E-state index contributed by atoms with van der Waals surface area (Å²) < 4.78 is 5.01. The van der Waals surface area contributed by atoms with Crippen molar-refractivity contribution in [1.82, 2.24) is 5.32 Å². The first-order chi connectivity index (χ1) is 7.61. The first kappa shape index (κ1) is 11.0. The van der Waals surface area contributed by atoms with Crippen molar-refractivity contribution in [3.8, 4) is 5.75 Å². The van der Waals surface area contributed by atoms with E-state index in [1.165, 1.54) is 7.11 Å². The highest BCUT2D eigenvalue weighted by molar-refractivity contribution is 6.32. The van der Waals surface area contributed by atoms with Crippen molar-refractivity contribution in [2.45, 2.75) is 12.3 Å². The van der Waals surface area contributed by atoms with Crippen LogP contribution < -0.4 is 10.1 Å². The molecular formula is C11H10ClNO3. The zero-order valence-electron chi connectivity index (χ0n) is 8.62. The minimum Gasteiger partial charge on any atom is -0.495 e. The van der Waals surface area contributed by atoms with Crippen molar-refractivity contribution in [1.29, 1.82) is 0 Å². The van der Waals surface area contributed by atoms with Crippen LogP contribution in [0.4, 0.5) is 0 Å².